The lowest BCUT2D eigenvalue weighted by atomic mass is 9.99. The van der Waals surface area contributed by atoms with Gasteiger partial charge in [-0.1, -0.05) is 0 Å². The van der Waals surface area contributed by atoms with Gasteiger partial charge in [-0.25, -0.2) is 13.1 Å². The minimum atomic E-state index is -3.37. The first kappa shape index (κ1) is 15.4. The van der Waals surface area contributed by atoms with Crippen LogP contribution in [-0.2, 0) is 19.6 Å². The molecule has 1 fully saturated rings. The van der Waals surface area contributed by atoms with Gasteiger partial charge in [0.05, 0.1) is 18.8 Å². The molecule has 1 aliphatic rings. The van der Waals surface area contributed by atoms with Crippen molar-refractivity contribution in [3.05, 3.63) is 0 Å². The van der Waals surface area contributed by atoms with Crippen LogP contribution >= 0.6 is 0 Å². The van der Waals surface area contributed by atoms with Crippen molar-refractivity contribution in [3.8, 4) is 0 Å². The summed E-state index contributed by atoms with van der Waals surface area (Å²) in [5, 5.41) is 3.23. The van der Waals surface area contributed by atoms with Crippen molar-refractivity contribution >= 4 is 16.0 Å². The highest BCUT2D eigenvalue weighted by atomic mass is 32.2. The molecule has 106 valence electrons. The normalized spacial score (nSPS) is 17.6. The van der Waals surface area contributed by atoms with Gasteiger partial charge in [0, 0.05) is 6.54 Å². The summed E-state index contributed by atoms with van der Waals surface area (Å²) >= 11 is 0. The van der Waals surface area contributed by atoms with E-state index in [0.29, 0.717) is 12.5 Å². The number of carbonyl (C=O) groups is 1. The summed E-state index contributed by atoms with van der Waals surface area (Å²) in [5.41, 5.74) is 0. The Kier molecular flexibility index (Phi) is 6.59. The van der Waals surface area contributed by atoms with Crippen molar-refractivity contribution in [2.24, 2.45) is 5.92 Å². The summed E-state index contributed by atoms with van der Waals surface area (Å²) in [6, 6.07) is 0. The first-order valence-electron chi connectivity index (χ1n) is 6.37. The minimum absolute atomic E-state index is 0.0879. The molecule has 2 N–H and O–H groups in total. The zero-order chi connectivity index (χ0) is 13.4. The van der Waals surface area contributed by atoms with Gasteiger partial charge in [-0.3, -0.25) is 4.79 Å². The minimum Gasteiger partial charge on any atom is -0.466 e. The van der Waals surface area contributed by atoms with E-state index in [1.807, 2.05) is 0 Å². The molecule has 0 aromatic heterocycles. The van der Waals surface area contributed by atoms with Crippen LogP contribution < -0.4 is 10.0 Å². The predicted octanol–water partition coefficient (Wildman–Crippen LogP) is -0.141. The third kappa shape index (κ3) is 6.32. The predicted molar refractivity (Wildman–Crippen MR) is 68.6 cm³/mol. The molecule has 1 rings (SSSR count). The Hall–Kier alpha value is -0.660. The summed E-state index contributed by atoms with van der Waals surface area (Å²) in [6.07, 6.45) is 1.89. The van der Waals surface area contributed by atoms with Gasteiger partial charge in [0.1, 0.15) is 0 Å². The number of sulfonamides is 1. The molecule has 0 spiro atoms. The van der Waals surface area contributed by atoms with Crippen molar-refractivity contribution in [3.63, 3.8) is 0 Å². The Morgan fingerprint density at radius 3 is 2.67 bits per heavy atom. The summed E-state index contributed by atoms with van der Waals surface area (Å²) in [4.78, 5) is 11.1. The lowest BCUT2D eigenvalue weighted by Gasteiger charge is -2.22. The molecule has 0 aromatic carbocycles. The van der Waals surface area contributed by atoms with Gasteiger partial charge in [-0.05, 0) is 38.8 Å². The van der Waals surface area contributed by atoms with Crippen molar-refractivity contribution in [2.45, 2.75) is 26.2 Å². The Labute approximate surface area is 109 Å². The lowest BCUT2D eigenvalue weighted by molar-refractivity contribution is -0.142. The Morgan fingerprint density at radius 2 is 2.06 bits per heavy atom. The third-order valence-electron chi connectivity index (χ3n) is 2.93. The molecule has 0 bridgehead atoms. The molecule has 1 aliphatic heterocycles. The summed E-state index contributed by atoms with van der Waals surface area (Å²) in [7, 11) is -3.37. The van der Waals surface area contributed by atoms with E-state index in [0.717, 1.165) is 25.9 Å². The van der Waals surface area contributed by atoms with Crippen molar-refractivity contribution in [2.75, 3.05) is 32.0 Å². The molecular weight excluding hydrogens is 256 g/mol. The molecule has 0 aromatic rings. The topological polar surface area (TPSA) is 84.5 Å². The Morgan fingerprint density at radius 1 is 1.39 bits per heavy atom. The van der Waals surface area contributed by atoms with Gasteiger partial charge in [-0.15, -0.1) is 0 Å². The summed E-state index contributed by atoms with van der Waals surface area (Å²) in [6.45, 7) is 4.32. The number of esters is 1. The van der Waals surface area contributed by atoms with Crippen molar-refractivity contribution in [1.29, 1.82) is 0 Å². The van der Waals surface area contributed by atoms with Gasteiger partial charge in [0.2, 0.25) is 10.0 Å². The zero-order valence-electron chi connectivity index (χ0n) is 10.8. The van der Waals surface area contributed by atoms with E-state index in [-0.39, 0.29) is 18.8 Å². The quantitative estimate of drug-likeness (QED) is 0.633. The molecule has 0 atom stereocenters. The van der Waals surface area contributed by atoms with Gasteiger partial charge in [0.15, 0.2) is 0 Å². The molecule has 0 aliphatic carbocycles. The molecule has 1 saturated heterocycles. The molecular formula is C11H22N2O4S. The maximum absolute atomic E-state index is 11.6. The second kappa shape index (κ2) is 7.70. The molecule has 0 saturated carbocycles. The van der Waals surface area contributed by atoms with Crippen LogP contribution in [0.4, 0.5) is 0 Å². The van der Waals surface area contributed by atoms with E-state index in [4.69, 9.17) is 4.74 Å². The fourth-order valence-electron chi connectivity index (χ4n) is 1.85. The van der Waals surface area contributed by atoms with Crippen LogP contribution in [0.1, 0.15) is 26.2 Å². The number of carbonyl (C=O) groups excluding carboxylic acids is 1. The van der Waals surface area contributed by atoms with Crippen LogP contribution in [0.5, 0.6) is 0 Å². The highest BCUT2D eigenvalue weighted by Gasteiger charge is 2.18. The molecule has 6 nitrogen and oxygen atoms in total. The van der Waals surface area contributed by atoms with Gasteiger partial charge in [-0.2, -0.15) is 0 Å². The maximum atomic E-state index is 11.6. The second-order valence-corrected chi connectivity index (χ2v) is 6.34. The van der Waals surface area contributed by atoms with Gasteiger partial charge < -0.3 is 10.1 Å². The number of hydrogen-bond acceptors (Lipinski definition) is 5. The standard InChI is InChI=1S/C11H22N2O4S/c1-2-17-11(14)5-8-18(15,16)13-9-10-3-6-12-7-4-10/h10,12-13H,2-9H2,1H3. The van der Waals surface area contributed by atoms with Gasteiger partial charge >= 0.3 is 5.97 Å². The first-order chi connectivity index (χ1) is 8.53. The molecule has 1 heterocycles. The van der Waals surface area contributed by atoms with Crippen LogP contribution in [0.2, 0.25) is 0 Å². The average molecular weight is 278 g/mol. The van der Waals surface area contributed by atoms with Crippen LogP contribution in [0.3, 0.4) is 0 Å². The molecule has 0 radical (unpaired) electrons. The van der Waals surface area contributed by atoms with Crippen LogP contribution in [0.15, 0.2) is 0 Å². The van der Waals surface area contributed by atoms with Crippen molar-refractivity contribution < 1.29 is 17.9 Å². The van der Waals surface area contributed by atoms with Crippen LogP contribution in [0.25, 0.3) is 0 Å². The summed E-state index contributed by atoms with van der Waals surface area (Å²) in [5.74, 6) is -0.273. The largest absolute Gasteiger partial charge is 0.466 e. The Balaban J connectivity index is 2.24. The first-order valence-corrected chi connectivity index (χ1v) is 8.02. The monoisotopic (exact) mass is 278 g/mol. The number of ether oxygens (including phenoxy) is 1. The van der Waals surface area contributed by atoms with E-state index in [1.165, 1.54) is 0 Å². The highest BCUT2D eigenvalue weighted by Crippen LogP contribution is 2.10. The number of rotatable bonds is 7. The van der Waals surface area contributed by atoms with Crippen LogP contribution in [-0.4, -0.2) is 46.4 Å². The average Bonchev–Trinajstić information content (AvgIpc) is 2.36. The maximum Gasteiger partial charge on any atom is 0.306 e. The van der Waals surface area contributed by atoms with Crippen molar-refractivity contribution in [1.82, 2.24) is 10.0 Å². The fourth-order valence-corrected chi connectivity index (χ4v) is 2.92. The molecule has 0 unspecified atom stereocenters. The molecule has 18 heavy (non-hydrogen) atoms. The third-order valence-corrected chi connectivity index (χ3v) is 4.28. The highest BCUT2D eigenvalue weighted by molar-refractivity contribution is 7.89. The van der Waals surface area contributed by atoms with Crippen LogP contribution in [0, 0.1) is 5.92 Å². The SMILES string of the molecule is CCOC(=O)CCS(=O)(=O)NCC1CCNCC1. The fraction of sp³-hybridized carbons (Fsp3) is 0.909. The van der Waals surface area contributed by atoms with E-state index in [1.54, 1.807) is 6.92 Å². The molecule has 0 amide bonds. The van der Waals surface area contributed by atoms with Gasteiger partial charge in [0.25, 0.3) is 0 Å². The van der Waals surface area contributed by atoms with E-state index in [9.17, 15) is 13.2 Å². The van der Waals surface area contributed by atoms with E-state index < -0.39 is 16.0 Å². The van der Waals surface area contributed by atoms with E-state index >= 15 is 0 Å². The Bertz CT molecular complexity index is 350. The molecule has 7 heteroatoms. The smallest absolute Gasteiger partial charge is 0.306 e. The zero-order valence-corrected chi connectivity index (χ0v) is 11.6. The second-order valence-electron chi connectivity index (χ2n) is 4.42. The van der Waals surface area contributed by atoms with E-state index in [2.05, 4.69) is 10.0 Å². The lowest BCUT2D eigenvalue weighted by Crippen LogP contribution is -2.37. The summed E-state index contributed by atoms with van der Waals surface area (Å²) < 4.78 is 30.5. The number of nitrogens with one attached hydrogen (secondary N) is 2. The number of piperidine rings is 1. The number of hydrogen-bond donors (Lipinski definition) is 2.